The van der Waals surface area contributed by atoms with Gasteiger partial charge in [-0.2, -0.15) is 0 Å². The summed E-state index contributed by atoms with van der Waals surface area (Å²) in [5.41, 5.74) is 2.89. The van der Waals surface area contributed by atoms with E-state index in [9.17, 15) is 9.59 Å². The number of likely N-dealkylation sites (tertiary alicyclic amines) is 1. The number of amides is 2. The summed E-state index contributed by atoms with van der Waals surface area (Å²) in [6, 6.07) is 16.0. The summed E-state index contributed by atoms with van der Waals surface area (Å²) in [7, 11) is 1.67. The van der Waals surface area contributed by atoms with Crippen molar-refractivity contribution >= 4 is 23.2 Å². The van der Waals surface area contributed by atoms with Gasteiger partial charge in [-0.1, -0.05) is 25.0 Å². The number of hydrogen-bond acceptors (Lipinski definition) is 4. The highest BCUT2D eigenvalue weighted by Gasteiger charge is 2.25. The molecule has 2 heterocycles. The zero-order chi connectivity index (χ0) is 21.6. The number of carbonyl (C=O) groups is 2. The van der Waals surface area contributed by atoms with Gasteiger partial charge in [0.2, 0.25) is 11.8 Å². The van der Waals surface area contributed by atoms with Crippen LogP contribution in [-0.2, 0) is 9.59 Å². The van der Waals surface area contributed by atoms with Gasteiger partial charge in [0.1, 0.15) is 5.75 Å². The van der Waals surface area contributed by atoms with Gasteiger partial charge in [0.25, 0.3) is 0 Å². The van der Waals surface area contributed by atoms with Crippen LogP contribution in [0.3, 0.4) is 0 Å². The number of rotatable bonds is 6. The third-order valence-electron chi connectivity index (χ3n) is 6.25. The van der Waals surface area contributed by atoms with Gasteiger partial charge in [-0.15, -0.1) is 0 Å². The summed E-state index contributed by atoms with van der Waals surface area (Å²) < 4.78 is 5.29. The van der Waals surface area contributed by atoms with E-state index in [-0.39, 0.29) is 17.9 Å². The van der Waals surface area contributed by atoms with Crippen LogP contribution in [0.2, 0.25) is 0 Å². The molecule has 0 aromatic heterocycles. The summed E-state index contributed by atoms with van der Waals surface area (Å²) in [5.74, 6) is 1.01. The summed E-state index contributed by atoms with van der Waals surface area (Å²) in [5, 5.41) is 3.02. The van der Waals surface area contributed by atoms with Gasteiger partial charge >= 0.3 is 0 Å². The fourth-order valence-corrected chi connectivity index (χ4v) is 4.59. The lowest BCUT2D eigenvalue weighted by Gasteiger charge is -2.30. The largest absolute Gasteiger partial charge is 0.497 e. The third kappa shape index (κ3) is 5.25. The molecule has 0 bridgehead atoms. The van der Waals surface area contributed by atoms with Gasteiger partial charge in [0.15, 0.2) is 0 Å². The van der Waals surface area contributed by atoms with Crippen LogP contribution in [0.1, 0.15) is 50.1 Å². The molecule has 2 aliphatic heterocycles. The van der Waals surface area contributed by atoms with E-state index in [4.69, 9.17) is 4.74 Å². The number of nitrogens with one attached hydrogen (secondary N) is 1. The number of anilines is 2. The maximum atomic E-state index is 12.8. The van der Waals surface area contributed by atoms with E-state index in [0.717, 1.165) is 49.5 Å². The second-order valence-corrected chi connectivity index (χ2v) is 8.35. The number of carbonyl (C=O) groups excluding carboxylic acids is 2. The lowest BCUT2D eigenvalue weighted by Crippen LogP contribution is -2.36. The molecule has 31 heavy (non-hydrogen) atoms. The molecular weight excluding hydrogens is 390 g/mol. The average Bonchev–Trinajstić information content (AvgIpc) is 3.08. The molecule has 1 atom stereocenters. The zero-order valence-corrected chi connectivity index (χ0v) is 18.2. The highest BCUT2D eigenvalue weighted by molar-refractivity contribution is 5.96. The molecule has 2 aliphatic rings. The molecule has 0 radical (unpaired) electrons. The zero-order valence-electron chi connectivity index (χ0n) is 18.2. The van der Waals surface area contributed by atoms with Crippen LogP contribution in [0.4, 0.5) is 11.4 Å². The van der Waals surface area contributed by atoms with E-state index >= 15 is 0 Å². The summed E-state index contributed by atoms with van der Waals surface area (Å²) in [4.78, 5) is 28.8. The van der Waals surface area contributed by atoms with Gasteiger partial charge < -0.3 is 15.0 Å². The number of hydrogen-bond donors (Lipinski definition) is 1. The molecule has 2 fully saturated rings. The van der Waals surface area contributed by atoms with Gasteiger partial charge in [0, 0.05) is 30.4 Å². The van der Waals surface area contributed by atoms with Crippen molar-refractivity contribution in [1.82, 2.24) is 4.90 Å². The highest BCUT2D eigenvalue weighted by Crippen LogP contribution is 2.31. The molecule has 6 heteroatoms. The minimum absolute atomic E-state index is 0.00888. The van der Waals surface area contributed by atoms with Crippen molar-refractivity contribution < 1.29 is 14.3 Å². The predicted octanol–water partition coefficient (Wildman–Crippen LogP) is 4.38. The molecule has 2 saturated heterocycles. The van der Waals surface area contributed by atoms with Gasteiger partial charge in [-0.05, 0) is 67.8 Å². The van der Waals surface area contributed by atoms with E-state index < -0.39 is 0 Å². The minimum Gasteiger partial charge on any atom is -0.497 e. The SMILES string of the molecule is COc1ccc([C@H]2CCCCCN2CC(=O)Nc2ccc(N3CCCC3=O)cc2)cc1. The van der Waals surface area contributed by atoms with E-state index in [1.165, 1.54) is 18.4 Å². The average molecular weight is 422 g/mol. The molecule has 6 nitrogen and oxygen atoms in total. The van der Waals surface area contributed by atoms with E-state index in [0.29, 0.717) is 13.0 Å². The molecule has 0 saturated carbocycles. The number of ether oxygens (including phenoxy) is 1. The lowest BCUT2D eigenvalue weighted by atomic mass is 10.0. The second-order valence-electron chi connectivity index (χ2n) is 8.35. The van der Waals surface area contributed by atoms with Crippen LogP contribution in [0.5, 0.6) is 5.75 Å². The van der Waals surface area contributed by atoms with E-state index in [1.807, 2.05) is 41.3 Å². The first-order valence-electron chi connectivity index (χ1n) is 11.2. The van der Waals surface area contributed by atoms with Crippen LogP contribution >= 0.6 is 0 Å². The molecular formula is C25H31N3O3. The van der Waals surface area contributed by atoms with Crippen LogP contribution in [-0.4, -0.2) is 43.5 Å². The Kier molecular flexibility index (Phi) is 6.87. The first-order valence-corrected chi connectivity index (χ1v) is 11.2. The molecule has 4 rings (SSSR count). The summed E-state index contributed by atoms with van der Waals surface area (Å²) >= 11 is 0. The Morgan fingerprint density at radius 3 is 2.45 bits per heavy atom. The molecule has 2 amide bonds. The number of nitrogens with zero attached hydrogens (tertiary/aromatic N) is 2. The summed E-state index contributed by atoms with van der Waals surface area (Å²) in [6.07, 6.45) is 6.05. The van der Waals surface area contributed by atoms with Crippen LogP contribution in [0.25, 0.3) is 0 Å². The van der Waals surface area contributed by atoms with Crippen molar-refractivity contribution in [3.05, 3.63) is 54.1 Å². The lowest BCUT2D eigenvalue weighted by molar-refractivity contribution is -0.118. The van der Waals surface area contributed by atoms with Crippen molar-refractivity contribution in [3.8, 4) is 5.75 Å². The Morgan fingerprint density at radius 1 is 1.00 bits per heavy atom. The van der Waals surface area contributed by atoms with Gasteiger partial charge in [0.05, 0.1) is 13.7 Å². The molecule has 1 N–H and O–H groups in total. The maximum absolute atomic E-state index is 12.8. The molecule has 2 aromatic carbocycles. The third-order valence-corrected chi connectivity index (χ3v) is 6.25. The van der Waals surface area contributed by atoms with Crippen molar-refractivity contribution in [1.29, 1.82) is 0 Å². The van der Waals surface area contributed by atoms with Gasteiger partial charge in [-0.3, -0.25) is 14.5 Å². The number of benzene rings is 2. The van der Waals surface area contributed by atoms with E-state index in [1.54, 1.807) is 7.11 Å². The molecule has 0 spiro atoms. The normalized spacial score (nSPS) is 19.8. The van der Waals surface area contributed by atoms with Crippen molar-refractivity contribution in [2.75, 3.05) is 37.0 Å². The van der Waals surface area contributed by atoms with E-state index in [2.05, 4.69) is 22.3 Å². The molecule has 2 aromatic rings. The van der Waals surface area contributed by atoms with Gasteiger partial charge in [-0.25, -0.2) is 0 Å². The monoisotopic (exact) mass is 421 g/mol. The Balaban J connectivity index is 1.40. The predicted molar refractivity (Wildman–Crippen MR) is 122 cm³/mol. The summed E-state index contributed by atoms with van der Waals surface area (Å²) in [6.45, 7) is 2.05. The topological polar surface area (TPSA) is 61.9 Å². The Bertz CT molecular complexity index is 895. The van der Waals surface area contributed by atoms with Crippen molar-refractivity contribution in [2.24, 2.45) is 0 Å². The second kappa shape index (κ2) is 9.96. The first-order chi connectivity index (χ1) is 15.1. The number of methoxy groups -OCH3 is 1. The van der Waals surface area contributed by atoms with Crippen molar-refractivity contribution in [2.45, 2.75) is 44.6 Å². The Hall–Kier alpha value is -2.86. The van der Waals surface area contributed by atoms with Crippen LogP contribution in [0.15, 0.2) is 48.5 Å². The Morgan fingerprint density at radius 2 is 1.77 bits per heavy atom. The minimum atomic E-state index is -0.00888. The quantitative estimate of drug-likeness (QED) is 0.752. The Labute approximate surface area is 184 Å². The fourth-order valence-electron chi connectivity index (χ4n) is 4.59. The maximum Gasteiger partial charge on any atom is 0.238 e. The first kappa shape index (κ1) is 21.4. The molecule has 0 unspecified atom stereocenters. The fraction of sp³-hybridized carbons (Fsp3) is 0.440. The standard InChI is InChI=1S/C25H31N3O3/c1-31-22-14-8-19(9-15-22)23-6-3-2-4-16-27(23)18-24(29)26-20-10-12-21(13-11-20)28-17-5-7-25(28)30/h8-15,23H,2-7,16-18H2,1H3,(H,26,29)/t23-/m1/s1. The smallest absolute Gasteiger partial charge is 0.238 e. The molecule has 0 aliphatic carbocycles. The molecule has 164 valence electrons. The van der Waals surface area contributed by atoms with Crippen LogP contribution < -0.4 is 15.0 Å². The highest BCUT2D eigenvalue weighted by atomic mass is 16.5. The van der Waals surface area contributed by atoms with Crippen LogP contribution in [0, 0.1) is 0 Å². The van der Waals surface area contributed by atoms with Crippen molar-refractivity contribution in [3.63, 3.8) is 0 Å².